The number of furan rings is 1. The average Bonchev–Trinajstić information content (AvgIpc) is 3.39. The molecule has 3 aromatic rings. The third kappa shape index (κ3) is 4.86. The average molecular weight is 414 g/mol. The number of primary amides is 1. The maximum atomic E-state index is 13.0. The minimum atomic E-state index is -0.429. The summed E-state index contributed by atoms with van der Waals surface area (Å²) in [6.07, 6.45) is 2.27. The molecule has 152 valence electrons. The third-order valence-corrected chi connectivity index (χ3v) is 5.67. The van der Waals surface area contributed by atoms with Crippen LogP contribution < -0.4 is 10.5 Å². The highest BCUT2D eigenvalue weighted by molar-refractivity contribution is 8.00. The second-order valence-electron chi connectivity index (χ2n) is 6.26. The van der Waals surface area contributed by atoms with Crippen LogP contribution in [0, 0.1) is 0 Å². The van der Waals surface area contributed by atoms with Gasteiger partial charge in [0.05, 0.1) is 18.6 Å². The number of carbonyl (C=O) groups is 2. The topological polar surface area (TPSA) is 113 Å². The normalized spacial score (nSPS) is 11.9. The van der Waals surface area contributed by atoms with Crippen LogP contribution in [0.25, 0.3) is 11.6 Å². The van der Waals surface area contributed by atoms with Gasteiger partial charge >= 0.3 is 0 Å². The highest BCUT2D eigenvalue weighted by Crippen LogP contribution is 2.30. The lowest BCUT2D eigenvalue weighted by Crippen LogP contribution is -2.19. The van der Waals surface area contributed by atoms with E-state index in [1.807, 2.05) is 6.92 Å². The van der Waals surface area contributed by atoms with Crippen molar-refractivity contribution in [3.05, 3.63) is 48.2 Å². The largest absolute Gasteiger partial charge is 0.497 e. The minimum Gasteiger partial charge on any atom is -0.497 e. The summed E-state index contributed by atoms with van der Waals surface area (Å²) >= 11 is 1.31. The molecule has 0 saturated heterocycles. The maximum Gasteiger partial charge on any atom is 0.219 e. The standard InChI is InChI=1S/C20H22N4O4S/c1-3-16(18(26)13-6-8-14(27-2)9-7-13)29-20-23-22-19(15-5-4-12-28-15)24(20)11-10-17(21)25/h4-9,12,16H,3,10-11H2,1-2H3,(H2,21,25). The van der Waals surface area contributed by atoms with Crippen LogP contribution in [0.5, 0.6) is 5.75 Å². The summed E-state index contributed by atoms with van der Waals surface area (Å²) in [5.74, 6) is 1.27. The number of methoxy groups -OCH3 is 1. The quantitative estimate of drug-likeness (QED) is 0.400. The predicted molar refractivity (Wildman–Crippen MR) is 109 cm³/mol. The number of hydrogen-bond donors (Lipinski definition) is 1. The Hall–Kier alpha value is -3.07. The number of thioether (sulfide) groups is 1. The molecule has 29 heavy (non-hydrogen) atoms. The van der Waals surface area contributed by atoms with Crippen molar-refractivity contribution in [1.82, 2.24) is 14.8 Å². The fraction of sp³-hybridized carbons (Fsp3) is 0.300. The molecule has 1 amide bonds. The molecule has 2 heterocycles. The van der Waals surface area contributed by atoms with Crippen LogP contribution in [-0.2, 0) is 11.3 Å². The van der Waals surface area contributed by atoms with Crippen LogP contribution in [0.3, 0.4) is 0 Å². The zero-order chi connectivity index (χ0) is 20.8. The summed E-state index contributed by atoms with van der Waals surface area (Å²) in [7, 11) is 1.58. The van der Waals surface area contributed by atoms with Gasteiger partial charge in [-0.1, -0.05) is 18.7 Å². The molecule has 2 N–H and O–H groups in total. The lowest BCUT2D eigenvalue weighted by atomic mass is 10.1. The summed E-state index contributed by atoms with van der Waals surface area (Å²) in [5.41, 5.74) is 5.91. The number of hydrogen-bond acceptors (Lipinski definition) is 7. The summed E-state index contributed by atoms with van der Waals surface area (Å²) in [6.45, 7) is 2.24. The Morgan fingerprint density at radius 3 is 2.59 bits per heavy atom. The molecule has 0 aliphatic carbocycles. The third-order valence-electron chi connectivity index (χ3n) is 4.33. The lowest BCUT2D eigenvalue weighted by Gasteiger charge is -2.14. The Bertz CT molecular complexity index is 967. The number of aromatic nitrogens is 3. The molecule has 0 fully saturated rings. The van der Waals surface area contributed by atoms with Gasteiger partial charge in [0.25, 0.3) is 0 Å². The van der Waals surface area contributed by atoms with Crippen LogP contribution in [0.2, 0.25) is 0 Å². The predicted octanol–water partition coefficient (Wildman–Crippen LogP) is 3.18. The zero-order valence-electron chi connectivity index (χ0n) is 16.2. The van der Waals surface area contributed by atoms with E-state index in [1.165, 1.54) is 18.0 Å². The number of ketones is 1. The van der Waals surface area contributed by atoms with Crippen molar-refractivity contribution < 1.29 is 18.7 Å². The molecule has 1 aromatic carbocycles. The summed E-state index contributed by atoms with van der Waals surface area (Å²) in [5, 5.41) is 8.61. The molecule has 0 bridgehead atoms. The molecule has 3 rings (SSSR count). The number of ether oxygens (including phenoxy) is 1. The van der Waals surface area contributed by atoms with E-state index in [-0.39, 0.29) is 17.5 Å². The SMILES string of the molecule is CCC(Sc1nnc(-c2ccco2)n1CCC(N)=O)C(=O)c1ccc(OC)cc1. The van der Waals surface area contributed by atoms with Gasteiger partial charge in [0.15, 0.2) is 22.5 Å². The van der Waals surface area contributed by atoms with Crippen LogP contribution in [0.1, 0.15) is 30.1 Å². The smallest absolute Gasteiger partial charge is 0.219 e. The number of rotatable bonds is 10. The number of Topliss-reactive ketones (excluding diaryl/α,β-unsaturated/α-hetero) is 1. The first kappa shape index (κ1) is 20.7. The van der Waals surface area contributed by atoms with E-state index in [0.717, 1.165) is 0 Å². The Morgan fingerprint density at radius 2 is 2.00 bits per heavy atom. The number of carbonyl (C=O) groups excluding carboxylic acids is 2. The molecule has 0 aliphatic rings. The van der Waals surface area contributed by atoms with Gasteiger partial charge in [-0.2, -0.15) is 0 Å². The maximum absolute atomic E-state index is 13.0. The van der Waals surface area contributed by atoms with E-state index in [0.29, 0.717) is 41.0 Å². The van der Waals surface area contributed by atoms with E-state index >= 15 is 0 Å². The van der Waals surface area contributed by atoms with Gasteiger partial charge in [0, 0.05) is 18.5 Å². The molecule has 9 heteroatoms. The monoisotopic (exact) mass is 414 g/mol. The first-order valence-corrected chi connectivity index (χ1v) is 10.0. The van der Waals surface area contributed by atoms with Crippen molar-refractivity contribution in [2.24, 2.45) is 5.73 Å². The molecule has 1 unspecified atom stereocenters. The first-order chi connectivity index (χ1) is 14.0. The molecular formula is C20H22N4O4S. The van der Waals surface area contributed by atoms with Gasteiger partial charge in [-0.3, -0.25) is 14.2 Å². The van der Waals surface area contributed by atoms with Crippen LogP contribution >= 0.6 is 11.8 Å². The van der Waals surface area contributed by atoms with Crippen molar-refractivity contribution >= 4 is 23.5 Å². The highest BCUT2D eigenvalue weighted by Gasteiger charge is 2.25. The van der Waals surface area contributed by atoms with Crippen LogP contribution in [0.15, 0.2) is 52.2 Å². The second kappa shape index (κ2) is 9.42. The molecule has 8 nitrogen and oxygen atoms in total. The molecule has 0 aliphatic heterocycles. The highest BCUT2D eigenvalue weighted by atomic mass is 32.2. The van der Waals surface area contributed by atoms with E-state index in [2.05, 4.69) is 10.2 Å². The van der Waals surface area contributed by atoms with Crippen molar-refractivity contribution in [2.75, 3.05) is 7.11 Å². The summed E-state index contributed by atoms with van der Waals surface area (Å²) in [6, 6.07) is 10.5. The Morgan fingerprint density at radius 1 is 1.24 bits per heavy atom. The van der Waals surface area contributed by atoms with Crippen LogP contribution in [0.4, 0.5) is 0 Å². The Balaban J connectivity index is 1.86. The van der Waals surface area contributed by atoms with Gasteiger partial charge in [0.1, 0.15) is 5.75 Å². The fourth-order valence-electron chi connectivity index (χ4n) is 2.78. The number of nitrogens with zero attached hydrogens (tertiary/aromatic N) is 3. The van der Waals surface area contributed by atoms with Gasteiger partial charge in [-0.05, 0) is 42.8 Å². The van der Waals surface area contributed by atoms with Gasteiger partial charge in [0.2, 0.25) is 5.91 Å². The van der Waals surface area contributed by atoms with Crippen molar-refractivity contribution in [2.45, 2.75) is 36.7 Å². The lowest BCUT2D eigenvalue weighted by molar-refractivity contribution is -0.118. The first-order valence-electron chi connectivity index (χ1n) is 9.13. The zero-order valence-corrected chi connectivity index (χ0v) is 17.0. The molecule has 0 radical (unpaired) electrons. The van der Waals surface area contributed by atoms with E-state index < -0.39 is 5.91 Å². The second-order valence-corrected chi connectivity index (χ2v) is 7.43. The number of amides is 1. The summed E-state index contributed by atoms with van der Waals surface area (Å²) in [4.78, 5) is 24.3. The van der Waals surface area contributed by atoms with Crippen molar-refractivity contribution in [3.63, 3.8) is 0 Å². The van der Waals surface area contributed by atoms with Gasteiger partial charge in [-0.15, -0.1) is 10.2 Å². The molecule has 1 atom stereocenters. The Kier molecular flexibility index (Phi) is 6.71. The fourth-order valence-corrected chi connectivity index (χ4v) is 3.84. The number of benzene rings is 1. The van der Waals surface area contributed by atoms with E-state index in [9.17, 15) is 9.59 Å². The van der Waals surface area contributed by atoms with Crippen molar-refractivity contribution in [1.29, 1.82) is 0 Å². The van der Waals surface area contributed by atoms with E-state index in [4.69, 9.17) is 14.9 Å². The van der Waals surface area contributed by atoms with Crippen LogP contribution in [-0.4, -0.2) is 38.8 Å². The molecule has 0 spiro atoms. The van der Waals surface area contributed by atoms with Gasteiger partial charge < -0.3 is 14.9 Å². The minimum absolute atomic E-state index is 0.0100. The number of nitrogens with two attached hydrogens (primary N) is 1. The van der Waals surface area contributed by atoms with Gasteiger partial charge in [-0.25, -0.2) is 0 Å². The Labute approximate surface area is 172 Å². The molecular weight excluding hydrogens is 392 g/mol. The molecule has 0 saturated carbocycles. The van der Waals surface area contributed by atoms with Crippen molar-refractivity contribution in [3.8, 4) is 17.3 Å². The van der Waals surface area contributed by atoms with E-state index in [1.54, 1.807) is 48.1 Å². The summed E-state index contributed by atoms with van der Waals surface area (Å²) < 4.78 is 12.3. The molecule has 2 aromatic heterocycles.